The predicted molar refractivity (Wildman–Crippen MR) is 56.4 cm³/mol. The lowest BCUT2D eigenvalue weighted by atomic mass is 11.8. The van der Waals surface area contributed by atoms with Crippen LogP contribution in [0.1, 0.15) is 0 Å². The van der Waals surface area contributed by atoms with Crippen LogP contribution in [0.3, 0.4) is 0 Å². The number of hydrogen-bond donors (Lipinski definition) is 0. The van der Waals surface area contributed by atoms with Gasteiger partial charge in [0.2, 0.25) is 0 Å². The Balaban J connectivity index is 2.42. The molecule has 0 aromatic heterocycles. The Hall–Kier alpha value is 2.62. The Bertz CT molecular complexity index is 88.6. The largest absolute Gasteiger partial charge is 0.177 e. The Morgan fingerprint density at radius 3 is 1.00 bits per heavy atom. The Kier molecular flexibility index (Phi) is 2.82. The smallest absolute Gasteiger partial charge is 0.0805 e. The van der Waals surface area contributed by atoms with Crippen LogP contribution in [-0.2, 0) is 0 Å². The molecule has 0 aromatic rings. The van der Waals surface area contributed by atoms with Crippen molar-refractivity contribution in [3.8, 4) is 0 Å². The van der Waals surface area contributed by atoms with Crippen LogP contribution in [0, 0.1) is 0 Å². The van der Waals surface area contributed by atoms with Gasteiger partial charge in [-0.1, -0.05) is 23.5 Å². The molecule has 0 aliphatic carbocycles. The topological polar surface area (TPSA) is 0 Å². The van der Waals surface area contributed by atoms with E-state index in [0.717, 1.165) is 0 Å². The molecule has 1 heterocycles. The number of hydrogen-bond acceptors (Lipinski definition) is 2. The van der Waals surface area contributed by atoms with Gasteiger partial charge >= 0.3 is 0 Å². The average molecular weight is 408 g/mol. The van der Waals surface area contributed by atoms with Crippen LogP contribution in [0.4, 0.5) is 0 Å². The van der Waals surface area contributed by atoms with Gasteiger partial charge in [-0.15, -0.1) is 0 Å². The van der Waals surface area contributed by atoms with E-state index in [1.165, 1.54) is 0 Å². The monoisotopic (exact) mass is 404 g/mol. The maximum atomic E-state index is 3.42. The zero-order valence-electron chi connectivity index (χ0n) is 3.33. The predicted octanol–water partition coefficient (Wildman–Crippen LogP) is 4.27. The molecule has 1 fully saturated rings. The van der Waals surface area contributed by atoms with E-state index in [2.05, 4.69) is 63.7 Å². The van der Waals surface area contributed by atoms with Gasteiger partial charge in [0.1, 0.15) is 0 Å². The summed E-state index contributed by atoms with van der Waals surface area (Å²) in [4.78, 5) is 0. The first-order valence-corrected chi connectivity index (χ1v) is 6.38. The molecule has 6 heteroatoms. The van der Waals surface area contributed by atoms with Crippen molar-refractivity contribution in [2.45, 2.75) is 3.80 Å². The van der Waals surface area contributed by atoms with Crippen molar-refractivity contribution < 1.29 is 0 Å². The lowest BCUT2D eigenvalue weighted by Gasteiger charge is -2.40. The molecule has 0 aromatic carbocycles. The molecule has 0 unspecified atom stereocenters. The Morgan fingerprint density at radius 2 is 1.00 bits per heavy atom. The van der Waals surface area contributed by atoms with Crippen LogP contribution < -0.4 is 0 Å². The number of rotatable bonds is 0. The summed E-state index contributed by atoms with van der Waals surface area (Å²) in [5.74, 6) is 0. The second kappa shape index (κ2) is 2.59. The zero-order chi connectivity index (χ0) is 6.41. The minimum atomic E-state index is 0.0208. The second-order valence-electron chi connectivity index (χ2n) is 1.13. The molecule has 1 aliphatic heterocycles. The van der Waals surface area contributed by atoms with Crippen molar-refractivity contribution in [1.29, 1.82) is 0 Å². The van der Waals surface area contributed by atoms with Crippen LogP contribution in [0.25, 0.3) is 0 Å². The average Bonchev–Trinajstić information content (AvgIpc) is 1.20. The Morgan fingerprint density at radius 1 is 0.750 bits per heavy atom. The van der Waals surface area contributed by atoms with Crippen LogP contribution in [0.15, 0.2) is 0 Å². The van der Waals surface area contributed by atoms with Gasteiger partial charge in [-0.3, -0.25) is 0 Å². The summed E-state index contributed by atoms with van der Waals surface area (Å²) in [5, 5.41) is 0. The van der Waals surface area contributed by atoms with Crippen LogP contribution in [0.2, 0.25) is 0 Å². The normalized spacial score (nSPS) is 31.5. The van der Waals surface area contributed by atoms with Gasteiger partial charge in [-0.2, -0.15) is 0 Å². The highest BCUT2D eigenvalue weighted by molar-refractivity contribution is 9.39. The molecule has 0 amide bonds. The van der Waals surface area contributed by atoms with Gasteiger partial charge in [0, 0.05) is 0 Å². The van der Waals surface area contributed by atoms with E-state index in [1.807, 2.05) is 0 Å². The molecule has 1 saturated heterocycles. The second-order valence-corrected chi connectivity index (χ2v) is 15.6. The van der Waals surface area contributed by atoms with E-state index >= 15 is 0 Å². The molecule has 0 spiro atoms. The van der Waals surface area contributed by atoms with Crippen LogP contribution >= 0.6 is 87.2 Å². The van der Waals surface area contributed by atoms with Crippen molar-refractivity contribution >= 4 is 87.2 Å². The first kappa shape index (κ1) is 8.71. The first-order chi connectivity index (χ1) is 3.41. The summed E-state index contributed by atoms with van der Waals surface area (Å²) in [6, 6.07) is 0. The summed E-state index contributed by atoms with van der Waals surface area (Å²) in [5.41, 5.74) is 0. The molecule has 0 saturated carbocycles. The SMILES string of the molecule is BrC1(Br)SC(Br)(Br)S1. The standard InChI is InChI=1S/C2Br4S2/c3-1(4)7-2(5,6)8-1. The summed E-state index contributed by atoms with van der Waals surface area (Å²) < 4.78 is 0.0417. The van der Waals surface area contributed by atoms with E-state index in [-0.39, 0.29) is 3.80 Å². The van der Waals surface area contributed by atoms with E-state index in [0.29, 0.717) is 0 Å². The molecule has 0 atom stereocenters. The fourth-order valence-corrected chi connectivity index (χ4v) is 15.7. The highest BCUT2D eigenvalue weighted by Crippen LogP contribution is 2.75. The molecule has 1 rings (SSSR count). The number of halogens is 4. The molecule has 0 nitrogen and oxygen atoms in total. The van der Waals surface area contributed by atoms with Gasteiger partial charge in [0.05, 0.1) is 0 Å². The highest BCUT2D eigenvalue weighted by atomic mass is 79.9. The number of alkyl halides is 4. The molecule has 0 N–H and O–H groups in total. The maximum absolute atomic E-state index is 3.42. The van der Waals surface area contributed by atoms with Crippen molar-refractivity contribution in [1.82, 2.24) is 0 Å². The maximum Gasteiger partial charge on any atom is 0.177 e. The molecule has 0 radical (unpaired) electrons. The van der Waals surface area contributed by atoms with Crippen molar-refractivity contribution in [2.24, 2.45) is 0 Å². The van der Waals surface area contributed by atoms with E-state index < -0.39 is 0 Å². The third kappa shape index (κ3) is 2.34. The van der Waals surface area contributed by atoms with Gasteiger partial charge < -0.3 is 0 Å². The van der Waals surface area contributed by atoms with Gasteiger partial charge in [0.25, 0.3) is 0 Å². The highest BCUT2D eigenvalue weighted by Gasteiger charge is 2.51. The van der Waals surface area contributed by atoms with Gasteiger partial charge in [-0.05, 0) is 63.7 Å². The molecular weight excluding hydrogens is 408 g/mol. The summed E-state index contributed by atoms with van der Waals surface area (Å²) >= 11 is 17.1. The van der Waals surface area contributed by atoms with Gasteiger partial charge in [-0.25, -0.2) is 0 Å². The number of thioether (sulfide) groups is 2. The quantitative estimate of drug-likeness (QED) is 0.550. The van der Waals surface area contributed by atoms with E-state index in [1.54, 1.807) is 23.5 Å². The zero-order valence-corrected chi connectivity index (χ0v) is 11.3. The third-order valence-corrected chi connectivity index (χ3v) is 6.31. The van der Waals surface area contributed by atoms with Crippen molar-refractivity contribution in [3.63, 3.8) is 0 Å². The fourth-order valence-electron chi connectivity index (χ4n) is 0.284. The molecule has 1 aliphatic rings. The molecule has 8 heavy (non-hydrogen) atoms. The van der Waals surface area contributed by atoms with Crippen molar-refractivity contribution in [2.75, 3.05) is 0 Å². The molecular formula is C2Br4S2. The molecule has 0 bridgehead atoms. The fraction of sp³-hybridized carbons (Fsp3) is 1.00. The van der Waals surface area contributed by atoms with Crippen LogP contribution in [-0.4, -0.2) is 3.80 Å². The first-order valence-electron chi connectivity index (χ1n) is 1.57. The Labute approximate surface area is 89.8 Å². The summed E-state index contributed by atoms with van der Waals surface area (Å²) in [6.07, 6.45) is 0. The summed E-state index contributed by atoms with van der Waals surface area (Å²) in [6.45, 7) is 0. The van der Waals surface area contributed by atoms with Gasteiger partial charge in [0.15, 0.2) is 3.80 Å². The minimum absolute atomic E-state index is 0.0208. The van der Waals surface area contributed by atoms with E-state index in [4.69, 9.17) is 0 Å². The minimum Gasteiger partial charge on any atom is -0.0805 e. The van der Waals surface area contributed by atoms with Crippen LogP contribution in [0.5, 0.6) is 0 Å². The summed E-state index contributed by atoms with van der Waals surface area (Å²) in [7, 11) is 0. The molecule has 48 valence electrons. The third-order valence-electron chi connectivity index (χ3n) is 0.475. The van der Waals surface area contributed by atoms with Crippen molar-refractivity contribution in [3.05, 3.63) is 0 Å². The lowest BCUT2D eigenvalue weighted by molar-refractivity contribution is 1.77. The van der Waals surface area contributed by atoms with E-state index in [9.17, 15) is 0 Å². The lowest BCUT2D eigenvalue weighted by Crippen LogP contribution is -2.24.